The number of halogens is 2. The third-order valence-electron chi connectivity index (χ3n) is 5.92. The van der Waals surface area contributed by atoms with Gasteiger partial charge in [0.15, 0.2) is 0 Å². The second-order valence-electron chi connectivity index (χ2n) is 9.52. The molecule has 0 aliphatic carbocycles. The fraction of sp³-hybridized carbons (Fsp3) is 0.440. The molecule has 1 aliphatic rings. The zero-order valence-corrected chi connectivity index (χ0v) is 21.0. The summed E-state index contributed by atoms with van der Waals surface area (Å²) in [6.07, 6.45) is 1.60. The molecule has 1 amide bonds. The Labute approximate surface area is 205 Å². The molecule has 33 heavy (non-hydrogen) atoms. The summed E-state index contributed by atoms with van der Waals surface area (Å²) >= 11 is 13.0. The van der Waals surface area contributed by atoms with Gasteiger partial charge in [-0.2, -0.15) is 0 Å². The van der Waals surface area contributed by atoms with E-state index in [1.807, 2.05) is 64.2 Å². The number of hydrogen-bond acceptors (Lipinski definition) is 4. The normalized spacial score (nSPS) is 16.8. The van der Waals surface area contributed by atoms with Crippen LogP contribution < -0.4 is 4.90 Å². The van der Waals surface area contributed by atoms with Gasteiger partial charge in [0.25, 0.3) is 0 Å². The molecule has 1 atom stereocenters. The number of likely N-dealkylation sites (tertiary alicyclic amines) is 1. The van der Waals surface area contributed by atoms with Gasteiger partial charge in [-0.05, 0) is 57.9 Å². The summed E-state index contributed by atoms with van der Waals surface area (Å²) in [7, 11) is 2.04. The van der Waals surface area contributed by atoms with Gasteiger partial charge in [-0.25, -0.2) is 9.78 Å². The van der Waals surface area contributed by atoms with Crippen molar-refractivity contribution in [3.05, 3.63) is 58.1 Å². The highest BCUT2D eigenvalue weighted by atomic mass is 35.5. The molecule has 2 aromatic carbocycles. The number of amides is 1. The van der Waals surface area contributed by atoms with Crippen LogP contribution >= 0.6 is 23.2 Å². The van der Waals surface area contributed by atoms with E-state index < -0.39 is 5.60 Å². The van der Waals surface area contributed by atoms with Gasteiger partial charge in [-0.1, -0.05) is 41.4 Å². The highest BCUT2D eigenvalue weighted by molar-refractivity contribution is 6.36. The lowest BCUT2D eigenvalue weighted by Gasteiger charge is -2.38. The second kappa shape index (κ2) is 9.43. The molecule has 0 N–H and O–H groups in total. The fourth-order valence-electron chi connectivity index (χ4n) is 4.26. The average Bonchev–Trinajstić information content (AvgIpc) is 3.13. The summed E-state index contributed by atoms with van der Waals surface area (Å²) < 4.78 is 7.75. The number of ether oxygens (including phenoxy) is 1. The Morgan fingerprint density at radius 1 is 1.15 bits per heavy atom. The number of anilines is 1. The van der Waals surface area contributed by atoms with Crippen molar-refractivity contribution in [2.45, 2.75) is 51.8 Å². The summed E-state index contributed by atoms with van der Waals surface area (Å²) in [5, 5.41) is 1.25. The lowest BCUT2D eigenvalue weighted by atomic mass is 10.1. The van der Waals surface area contributed by atoms with Gasteiger partial charge in [0, 0.05) is 41.8 Å². The third-order valence-corrected chi connectivity index (χ3v) is 6.63. The van der Waals surface area contributed by atoms with Crippen molar-refractivity contribution in [3.8, 4) is 0 Å². The van der Waals surface area contributed by atoms with Crippen molar-refractivity contribution in [2.75, 3.05) is 25.0 Å². The topological polar surface area (TPSA) is 50.6 Å². The van der Waals surface area contributed by atoms with E-state index in [-0.39, 0.29) is 12.1 Å². The molecule has 1 fully saturated rings. The number of piperidine rings is 1. The molecule has 3 aromatic rings. The average molecular weight is 489 g/mol. The van der Waals surface area contributed by atoms with Crippen molar-refractivity contribution in [2.24, 2.45) is 0 Å². The number of para-hydroxylation sites is 2. The Balaban J connectivity index is 1.65. The van der Waals surface area contributed by atoms with E-state index in [0.717, 1.165) is 35.4 Å². The van der Waals surface area contributed by atoms with Crippen LogP contribution in [0.1, 0.15) is 39.2 Å². The molecule has 1 saturated heterocycles. The zero-order chi connectivity index (χ0) is 23.8. The first-order valence-electron chi connectivity index (χ1n) is 11.2. The van der Waals surface area contributed by atoms with E-state index in [1.54, 1.807) is 4.90 Å². The second-order valence-corrected chi connectivity index (χ2v) is 10.3. The largest absolute Gasteiger partial charge is 0.444 e. The maximum absolute atomic E-state index is 12.7. The molecule has 0 radical (unpaired) electrons. The predicted molar refractivity (Wildman–Crippen MR) is 135 cm³/mol. The van der Waals surface area contributed by atoms with Crippen LogP contribution in [0.5, 0.6) is 0 Å². The van der Waals surface area contributed by atoms with Crippen molar-refractivity contribution in [1.82, 2.24) is 14.5 Å². The van der Waals surface area contributed by atoms with Crippen LogP contribution in [0.2, 0.25) is 10.0 Å². The van der Waals surface area contributed by atoms with Gasteiger partial charge < -0.3 is 19.1 Å². The molecule has 1 aromatic heterocycles. The standard InChI is InChI=1S/C25H30Cl2N4O2/c1-25(2,3)33-24(32)30-14-8-9-17(15-30)29(4)23-28-21-12-5-6-13-22(21)31(23)16-18-19(26)10-7-11-20(18)27/h5-7,10-13,17H,8-9,14-16H2,1-4H3/t17-/m1/s1. The Morgan fingerprint density at radius 2 is 1.85 bits per heavy atom. The van der Waals surface area contributed by atoms with Crippen molar-refractivity contribution in [1.29, 1.82) is 0 Å². The summed E-state index contributed by atoms with van der Waals surface area (Å²) in [4.78, 5) is 21.6. The molecule has 6 nitrogen and oxygen atoms in total. The van der Waals surface area contributed by atoms with Crippen molar-refractivity contribution >= 4 is 46.3 Å². The highest BCUT2D eigenvalue weighted by Gasteiger charge is 2.31. The van der Waals surface area contributed by atoms with Gasteiger partial charge >= 0.3 is 6.09 Å². The third kappa shape index (κ3) is 5.22. The lowest BCUT2D eigenvalue weighted by Crippen LogP contribution is -2.50. The molecule has 2 heterocycles. The van der Waals surface area contributed by atoms with E-state index in [1.165, 1.54) is 0 Å². The van der Waals surface area contributed by atoms with Crippen LogP contribution in [0.4, 0.5) is 10.7 Å². The van der Waals surface area contributed by atoms with Crippen LogP contribution in [0.15, 0.2) is 42.5 Å². The maximum Gasteiger partial charge on any atom is 0.410 e. The Morgan fingerprint density at radius 3 is 2.55 bits per heavy atom. The number of nitrogens with zero attached hydrogens (tertiary/aromatic N) is 4. The number of carbonyl (C=O) groups excluding carboxylic acids is 1. The highest BCUT2D eigenvalue weighted by Crippen LogP contribution is 2.31. The van der Waals surface area contributed by atoms with Gasteiger partial charge in [-0.15, -0.1) is 0 Å². The quantitative estimate of drug-likeness (QED) is 0.436. The zero-order valence-electron chi connectivity index (χ0n) is 19.5. The van der Waals surface area contributed by atoms with Crippen molar-refractivity contribution < 1.29 is 9.53 Å². The number of likely N-dealkylation sites (N-methyl/N-ethyl adjacent to an activating group) is 1. The number of rotatable bonds is 4. The molecule has 0 bridgehead atoms. The number of benzene rings is 2. The van der Waals surface area contributed by atoms with E-state index in [2.05, 4.69) is 15.5 Å². The first kappa shape index (κ1) is 23.7. The minimum Gasteiger partial charge on any atom is -0.444 e. The number of imidazole rings is 1. The Hall–Kier alpha value is -2.44. The molecular formula is C25H30Cl2N4O2. The first-order chi connectivity index (χ1) is 15.6. The summed E-state index contributed by atoms with van der Waals surface area (Å²) in [6, 6.07) is 13.7. The Bertz CT molecular complexity index is 1130. The first-order valence-corrected chi connectivity index (χ1v) is 12.0. The van der Waals surface area contributed by atoms with E-state index in [4.69, 9.17) is 32.9 Å². The molecule has 0 saturated carbocycles. The molecule has 4 rings (SSSR count). The maximum atomic E-state index is 12.7. The molecule has 0 spiro atoms. The lowest BCUT2D eigenvalue weighted by molar-refractivity contribution is 0.0199. The number of carbonyl (C=O) groups is 1. The van der Waals surface area contributed by atoms with Crippen LogP contribution in [0.3, 0.4) is 0 Å². The molecular weight excluding hydrogens is 459 g/mol. The molecule has 1 aliphatic heterocycles. The molecule has 0 unspecified atom stereocenters. The van der Waals surface area contributed by atoms with Crippen molar-refractivity contribution in [3.63, 3.8) is 0 Å². The van der Waals surface area contributed by atoms with Crippen LogP contribution in [-0.2, 0) is 11.3 Å². The fourth-order valence-corrected chi connectivity index (χ4v) is 4.77. The van der Waals surface area contributed by atoms with Gasteiger partial charge in [0.1, 0.15) is 5.60 Å². The van der Waals surface area contributed by atoms with E-state index in [9.17, 15) is 4.79 Å². The van der Waals surface area contributed by atoms with Gasteiger partial charge in [0.05, 0.1) is 17.6 Å². The number of fused-ring (bicyclic) bond motifs is 1. The minimum atomic E-state index is -0.516. The SMILES string of the molecule is CN(c1nc2ccccc2n1Cc1c(Cl)cccc1Cl)[C@@H]1CCCN(C(=O)OC(C)(C)C)C1. The van der Waals surface area contributed by atoms with Gasteiger partial charge in [-0.3, -0.25) is 0 Å². The monoisotopic (exact) mass is 488 g/mol. The van der Waals surface area contributed by atoms with Crippen LogP contribution in [-0.4, -0.2) is 52.3 Å². The number of hydrogen-bond donors (Lipinski definition) is 0. The summed E-state index contributed by atoms with van der Waals surface area (Å²) in [5.74, 6) is 0.822. The molecule has 176 valence electrons. The predicted octanol–water partition coefficient (Wildman–Crippen LogP) is 6.23. The summed E-state index contributed by atoms with van der Waals surface area (Å²) in [6.45, 7) is 7.45. The molecule has 8 heteroatoms. The van der Waals surface area contributed by atoms with Gasteiger partial charge in [0.2, 0.25) is 5.95 Å². The van der Waals surface area contributed by atoms with Crippen LogP contribution in [0.25, 0.3) is 11.0 Å². The van der Waals surface area contributed by atoms with E-state index >= 15 is 0 Å². The smallest absolute Gasteiger partial charge is 0.410 e. The number of aromatic nitrogens is 2. The minimum absolute atomic E-state index is 0.114. The summed E-state index contributed by atoms with van der Waals surface area (Å²) in [5.41, 5.74) is 2.26. The Kier molecular flexibility index (Phi) is 6.78. The van der Waals surface area contributed by atoms with E-state index in [0.29, 0.717) is 29.7 Å². The van der Waals surface area contributed by atoms with Crippen LogP contribution in [0, 0.1) is 0 Å².